The molecule has 2 heterocycles. The second kappa shape index (κ2) is 17.3. The first-order valence-electron chi connectivity index (χ1n) is 19.3. The summed E-state index contributed by atoms with van der Waals surface area (Å²) in [5.41, 5.74) is -0.307. The molecule has 2 aliphatic heterocycles. The Bertz CT molecular complexity index is 3510. The maximum Gasteiger partial charge on any atom is 0.295 e. The summed E-state index contributed by atoms with van der Waals surface area (Å²) in [6.07, 6.45) is 6.32. The standard InChI is InChI=1S/C39H43BrN2O18S6/c1-38(2)34(41(15-5-17-61(43,44)45)30-11-9-26-28(36(30)38)19-24(63(49,50)51)21-32(26)65(55,56)57)13-7-23(40)8-14-35-39(3,4)37-29-20-25(64(52,53)54)22-33(66(58,59)60)27(29)10-12-31(37)42(35)16-6-18-62(46,47)48/h7-14,19-22,34H,5-6,15-18H2,1-4H3,(H,43,44,45)(H,46,47,48)(H,49,50,51)(H,52,53,54)(H,55,56,57)(H,58,59,60)/b13-7+,23-8-,35-14+. The van der Waals surface area contributed by atoms with Crippen molar-refractivity contribution in [3.8, 4) is 0 Å². The lowest BCUT2D eigenvalue weighted by Crippen LogP contribution is -2.41. The minimum absolute atomic E-state index is 0.0111. The lowest BCUT2D eigenvalue weighted by atomic mass is 9.78. The van der Waals surface area contributed by atoms with Gasteiger partial charge in [0, 0.05) is 56.2 Å². The predicted octanol–water partition coefficient (Wildman–Crippen LogP) is 5.52. The van der Waals surface area contributed by atoms with Gasteiger partial charge in [0.15, 0.2) is 0 Å². The Hall–Kier alpha value is -3.84. The molecule has 0 fully saturated rings. The van der Waals surface area contributed by atoms with E-state index in [9.17, 15) is 77.8 Å². The zero-order valence-electron chi connectivity index (χ0n) is 35.1. The van der Waals surface area contributed by atoms with E-state index in [1.165, 1.54) is 24.3 Å². The molecule has 4 aromatic carbocycles. The van der Waals surface area contributed by atoms with E-state index in [2.05, 4.69) is 15.9 Å². The normalized spacial score (nSPS) is 18.8. The van der Waals surface area contributed by atoms with Gasteiger partial charge in [-0.1, -0.05) is 61.8 Å². The van der Waals surface area contributed by atoms with Gasteiger partial charge in [0.2, 0.25) is 0 Å². The van der Waals surface area contributed by atoms with Crippen molar-refractivity contribution in [3.05, 3.63) is 94.1 Å². The van der Waals surface area contributed by atoms with Gasteiger partial charge >= 0.3 is 0 Å². The average Bonchev–Trinajstić information content (AvgIpc) is 3.50. The van der Waals surface area contributed by atoms with Crippen LogP contribution in [-0.2, 0) is 71.5 Å². The van der Waals surface area contributed by atoms with E-state index in [0.29, 0.717) is 44.8 Å². The molecule has 0 saturated heterocycles. The molecule has 0 spiro atoms. The second-order valence-corrected chi connectivity index (χ2v) is 26.4. The van der Waals surface area contributed by atoms with Gasteiger partial charge in [-0.15, -0.1) is 0 Å². The lowest BCUT2D eigenvalue weighted by molar-refractivity contribution is 0.467. The number of allylic oxidation sites excluding steroid dienone is 5. The second-order valence-electron chi connectivity index (χ2n) is 16.7. The van der Waals surface area contributed by atoms with Gasteiger partial charge in [0.25, 0.3) is 60.7 Å². The highest BCUT2D eigenvalue weighted by molar-refractivity contribution is 9.11. The molecule has 2 aliphatic rings. The fourth-order valence-corrected chi connectivity index (χ4v) is 12.8. The molecule has 6 N–H and O–H groups in total. The van der Waals surface area contributed by atoms with E-state index in [0.717, 1.165) is 12.1 Å². The van der Waals surface area contributed by atoms with Crippen molar-refractivity contribution in [1.29, 1.82) is 0 Å². The highest BCUT2D eigenvalue weighted by Gasteiger charge is 2.45. The van der Waals surface area contributed by atoms with Gasteiger partial charge in [0.1, 0.15) is 9.79 Å². The van der Waals surface area contributed by atoms with Gasteiger partial charge in [-0.25, -0.2) is 0 Å². The zero-order valence-corrected chi connectivity index (χ0v) is 41.5. The van der Waals surface area contributed by atoms with Crippen LogP contribution in [0.3, 0.4) is 0 Å². The summed E-state index contributed by atoms with van der Waals surface area (Å²) in [7, 11) is -29.0. The Morgan fingerprint density at radius 2 is 1.06 bits per heavy atom. The number of hydrogen-bond acceptors (Lipinski definition) is 14. The molecule has 66 heavy (non-hydrogen) atoms. The van der Waals surface area contributed by atoms with Crippen molar-refractivity contribution >= 4 is 110 Å². The summed E-state index contributed by atoms with van der Waals surface area (Å²) in [6.45, 7) is 6.84. The van der Waals surface area contributed by atoms with Gasteiger partial charge in [0.05, 0.1) is 27.3 Å². The van der Waals surface area contributed by atoms with Gasteiger partial charge in [-0.05, 0) is 89.4 Å². The maximum atomic E-state index is 12.5. The van der Waals surface area contributed by atoms with Crippen LogP contribution < -0.4 is 9.80 Å². The summed E-state index contributed by atoms with van der Waals surface area (Å²) in [4.78, 5) is 0.180. The molecule has 0 aliphatic carbocycles. The molecule has 4 aromatic rings. The van der Waals surface area contributed by atoms with E-state index in [1.807, 2.05) is 0 Å². The van der Waals surface area contributed by atoms with Crippen molar-refractivity contribution < 1.29 is 77.8 Å². The van der Waals surface area contributed by atoms with Crippen LogP contribution in [0.2, 0.25) is 0 Å². The Morgan fingerprint density at radius 1 is 0.606 bits per heavy atom. The number of anilines is 2. The highest BCUT2D eigenvalue weighted by atomic mass is 79.9. The molecule has 0 saturated carbocycles. The number of hydrogen-bond donors (Lipinski definition) is 6. The minimum atomic E-state index is -5.06. The summed E-state index contributed by atoms with van der Waals surface area (Å²) in [5.74, 6) is -1.28. The van der Waals surface area contributed by atoms with E-state index >= 15 is 0 Å². The molecular weight excluding hydrogens is 1060 g/mol. The highest BCUT2D eigenvalue weighted by Crippen LogP contribution is 2.53. The van der Waals surface area contributed by atoms with Crippen LogP contribution in [0.4, 0.5) is 11.4 Å². The number of halogens is 1. The zero-order chi connectivity index (χ0) is 49.5. The van der Waals surface area contributed by atoms with E-state index in [1.54, 1.807) is 61.8 Å². The van der Waals surface area contributed by atoms with Crippen LogP contribution in [0.5, 0.6) is 0 Å². The smallest absolute Gasteiger partial charge is 0.295 e. The van der Waals surface area contributed by atoms with E-state index in [-0.39, 0.29) is 47.5 Å². The molecule has 6 rings (SSSR count). The lowest BCUT2D eigenvalue weighted by Gasteiger charge is -2.32. The van der Waals surface area contributed by atoms with Crippen LogP contribution >= 0.6 is 15.9 Å². The maximum absolute atomic E-state index is 12.5. The fourth-order valence-electron chi connectivity index (χ4n) is 8.90. The quantitative estimate of drug-likeness (QED) is 0.0630. The SMILES string of the molecule is CC1(C)\C(=C/C=C(Br)/C=C/C2N(CCCS(=O)(=O)O)c3ccc4c(S(=O)(=O)O)cc(S(=O)(=O)O)cc4c3C2(C)C)N(CCCS(=O)(=O)O)c2ccc3c(S(=O)(=O)O)cc(S(=O)(=O)O)cc3c21. The van der Waals surface area contributed by atoms with Crippen LogP contribution in [0.15, 0.2) is 103 Å². The monoisotopic (exact) mass is 1100 g/mol. The molecule has 27 heteroatoms. The Kier molecular flexibility index (Phi) is 13.5. The van der Waals surface area contributed by atoms with Crippen molar-refractivity contribution in [2.75, 3.05) is 34.4 Å². The average molecular weight is 1100 g/mol. The van der Waals surface area contributed by atoms with Gasteiger partial charge in [-0.3, -0.25) is 27.3 Å². The number of nitrogens with zero attached hydrogens (tertiary/aromatic N) is 2. The van der Waals surface area contributed by atoms with Crippen LogP contribution in [0, 0.1) is 0 Å². The third-order valence-corrected chi connectivity index (χ3v) is 17.1. The first-order valence-corrected chi connectivity index (χ1v) is 29.0. The molecule has 0 bridgehead atoms. The molecule has 20 nitrogen and oxygen atoms in total. The van der Waals surface area contributed by atoms with E-state index < -0.39 is 109 Å². The first kappa shape index (κ1) is 51.5. The minimum Gasteiger partial charge on any atom is -0.364 e. The summed E-state index contributed by atoms with van der Waals surface area (Å²) in [5, 5.41) is -0.117. The molecule has 1 unspecified atom stereocenters. The third kappa shape index (κ3) is 10.4. The number of fused-ring (bicyclic) bond motifs is 6. The summed E-state index contributed by atoms with van der Waals surface area (Å²) >= 11 is 3.53. The van der Waals surface area contributed by atoms with Crippen LogP contribution in [0.25, 0.3) is 21.5 Å². The third-order valence-electron chi connectivity index (χ3n) is 11.5. The van der Waals surface area contributed by atoms with E-state index in [4.69, 9.17) is 0 Å². The van der Waals surface area contributed by atoms with Crippen molar-refractivity contribution in [2.45, 2.75) is 77.0 Å². The largest absolute Gasteiger partial charge is 0.364 e. The topological polar surface area (TPSA) is 333 Å². The van der Waals surface area contributed by atoms with Crippen LogP contribution in [-0.4, -0.2) is 108 Å². The summed E-state index contributed by atoms with van der Waals surface area (Å²) in [6, 6.07) is 8.26. The predicted molar refractivity (Wildman–Crippen MR) is 248 cm³/mol. The van der Waals surface area contributed by atoms with Crippen molar-refractivity contribution in [3.63, 3.8) is 0 Å². The number of rotatable bonds is 15. The van der Waals surface area contributed by atoms with Gasteiger partial charge in [-0.2, -0.15) is 50.5 Å². The summed E-state index contributed by atoms with van der Waals surface area (Å²) < 4.78 is 206. The van der Waals surface area contributed by atoms with Crippen LogP contribution in [0.1, 0.15) is 51.7 Å². The Morgan fingerprint density at radius 3 is 1.52 bits per heavy atom. The van der Waals surface area contributed by atoms with Crippen molar-refractivity contribution in [1.82, 2.24) is 0 Å². The fraction of sp³-hybridized carbons (Fsp3) is 0.333. The number of benzene rings is 4. The van der Waals surface area contributed by atoms with Gasteiger partial charge < -0.3 is 9.80 Å². The first-order chi connectivity index (χ1) is 29.9. The molecular formula is C39H43BrN2O18S6. The molecule has 0 amide bonds. The molecule has 1 atom stereocenters. The Balaban J connectivity index is 1.50. The molecule has 360 valence electrons. The molecule has 0 aromatic heterocycles. The molecule has 0 radical (unpaired) electrons. The van der Waals surface area contributed by atoms with Crippen molar-refractivity contribution in [2.24, 2.45) is 0 Å². The Labute approximate surface area is 390 Å².